The quantitative estimate of drug-likeness (QED) is 0.297. The molecule has 0 bridgehead atoms. The Hall–Kier alpha value is 0.632. The molecule has 143 valence electrons. The second-order valence-corrected chi connectivity index (χ2v) is 45.1. The summed E-state index contributed by atoms with van der Waals surface area (Å²) in [5, 5.41) is 3.34. The van der Waals surface area contributed by atoms with Gasteiger partial charge in [0.15, 0.2) is 0 Å². The first-order chi connectivity index (χ1) is 13.0. The molecule has 10 aliphatic heterocycles. The molecule has 5 heteroatoms. The van der Waals surface area contributed by atoms with Gasteiger partial charge in [0.25, 0.3) is 0 Å². The molecule has 0 saturated carbocycles. The molecule has 10 saturated heterocycles. The fraction of sp³-hybridized carbons (Fsp3) is 0.455. The molecule has 10 aliphatic rings. The van der Waals surface area contributed by atoms with Crippen LogP contribution in [0.15, 0.2) is 60.7 Å². The first-order valence-electron chi connectivity index (χ1n) is 10.0. The second-order valence-electron chi connectivity index (χ2n) is 12.8. The molecule has 0 radical (unpaired) electrons. The Balaban J connectivity index is 1.29. The monoisotopic (exact) mass is 545 g/mol. The summed E-state index contributed by atoms with van der Waals surface area (Å²) < 4.78 is 1.45. The maximum absolute atomic E-state index is 7.07. The van der Waals surface area contributed by atoms with Crippen LogP contribution in [0.5, 0.6) is 0 Å². The topological polar surface area (TPSA) is 0 Å². The van der Waals surface area contributed by atoms with Gasteiger partial charge in [-0.3, -0.25) is 0 Å². The molecule has 27 heavy (non-hydrogen) atoms. The third-order valence-electron chi connectivity index (χ3n) is 17.0. The van der Waals surface area contributed by atoms with Crippen LogP contribution in [0.3, 0.4) is 0 Å². The SMILES string of the molecule is [Cl][Pd]([Cl])[C]12[CH]3[CH]4[CH]5[CH]1[Fe]45321678[CH]2[CH]1[CH]6[C]7(P(c1ccccc1)c1ccccc1)[CH]28. The number of rotatable bonds is 4. The van der Waals surface area contributed by atoms with Crippen LogP contribution in [0.4, 0.5) is 0 Å². The summed E-state index contributed by atoms with van der Waals surface area (Å²) in [5.74, 6) is 0. The molecule has 0 aliphatic carbocycles. The third-order valence-corrected chi connectivity index (χ3v) is 78.8. The van der Waals surface area contributed by atoms with Crippen LogP contribution in [0.25, 0.3) is 0 Å². The summed E-state index contributed by atoms with van der Waals surface area (Å²) in [6, 6.07) is 23.4. The Morgan fingerprint density at radius 2 is 1.15 bits per heavy atom. The van der Waals surface area contributed by atoms with Crippen molar-refractivity contribution in [1.29, 1.82) is 0 Å². The zero-order valence-corrected chi connectivity index (χ0v) is 19.3. The number of hydrogen-bond donors (Lipinski definition) is 0. The minimum absolute atomic E-state index is 0.224. The minimum atomic E-state index is -3.57. The Morgan fingerprint density at radius 3 is 1.48 bits per heavy atom. The first kappa shape index (κ1) is 13.1. The van der Waals surface area contributed by atoms with Crippen molar-refractivity contribution < 1.29 is 21.2 Å². The van der Waals surface area contributed by atoms with Crippen LogP contribution in [0.2, 0.25) is 41.3 Å². The van der Waals surface area contributed by atoms with Crippen molar-refractivity contribution in [3.05, 3.63) is 60.7 Å². The molecule has 8 atom stereocenters. The predicted molar refractivity (Wildman–Crippen MR) is 106 cm³/mol. The number of halogens is 2. The molecule has 10 fully saturated rings. The average molecular weight is 547 g/mol. The number of fused-ring (bicyclic) bond motifs is 10. The third kappa shape index (κ3) is 0.234. The zero-order valence-electron chi connectivity index (χ0n) is 14.3. The maximum atomic E-state index is 7.07. The fourth-order valence-corrected chi connectivity index (χ4v) is 140. The standard InChI is InChI=1S/C17H14P.C5H4.2ClH.Fe.Pd/c1-3-9-15(10-4-1)18(17-13-7-8-14-17)16-11-5-2-6-12-16;1-2-4-5-3-1;;;;/h1-14H;1-4H;2*1H;;/q;;;;;+2/p-2. The van der Waals surface area contributed by atoms with Gasteiger partial charge in [-0.2, -0.15) is 0 Å². The Morgan fingerprint density at radius 1 is 0.704 bits per heavy atom. The summed E-state index contributed by atoms with van der Waals surface area (Å²) in [6.07, 6.45) is 0. The van der Waals surface area contributed by atoms with Gasteiger partial charge in [-0.1, -0.05) is 0 Å². The summed E-state index contributed by atoms with van der Waals surface area (Å²) in [7, 11) is 13.9. The van der Waals surface area contributed by atoms with Gasteiger partial charge in [0.05, 0.1) is 0 Å². The van der Waals surface area contributed by atoms with E-state index in [1.54, 1.807) is 10.6 Å². The van der Waals surface area contributed by atoms with Crippen LogP contribution >= 0.6 is 27.0 Å². The van der Waals surface area contributed by atoms with E-state index >= 15 is 0 Å². The Kier molecular flexibility index (Phi) is 0.792. The normalized spacial score (nSPS) is 82.7. The summed E-state index contributed by atoms with van der Waals surface area (Å²) in [4.78, 5) is 9.78. The molecule has 0 nitrogen and oxygen atoms in total. The van der Waals surface area contributed by atoms with Crippen LogP contribution < -0.4 is 10.6 Å². The van der Waals surface area contributed by atoms with Crippen LogP contribution in [-0.4, -0.2) is 4.05 Å². The zero-order chi connectivity index (χ0) is 17.3. The predicted octanol–water partition coefficient (Wildman–Crippen LogP) is 6.67. The van der Waals surface area contributed by atoms with Crippen molar-refractivity contribution >= 4 is 37.6 Å². The van der Waals surface area contributed by atoms with Crippen molar-refractivity contribution in [2.75, 3.05) is 0 Å². The van der Waals surface area contributed by atoms with E-state index < -0.39 is 21.2 Å². The van der Waals surface area contributed by atoms with E-state index in [0.717, 1.165) is 4.05 Å². The molecule has 0 N–H and O–H groups in total. The molecule has 2 aromatic carbocycles. The van der Waals surface area contributed by atoms with Crippen molar-refractivity contribution in [3.8, 4) is 0 Å². The molecule has 12 rings (SSSR count). The molecule has 0 aromatic heterocycles. The van der Waals surface area contributed by atoms with Gasteiger partial charge >= 0.3 is 165 Å². The Labute approximate surface area is 163 Å². The van der Waals surface area contributed by atoms with Crippen molar-refractivity contribution in [1.82, 2.24) is 0 Å². The van der Waals surface area contributed by atoms with E-state index in [-0.39, 0.29) is 7.92 Å². The summed E-state index contributed by atoms with van der Waals surface area (Å²) in [5.41, 5.74) is 0. The molecule has 8 unspecified atom stereocenters. The van der Waals surface area contributed by atoms with Crippen LogP contribution in [0.1, 0.15) is 0 Å². The number of benzene rings is 2. The van der Waals surface area contributed by atoms with Crippen LogP contribution in [0, 0.1) is 0 Å². The molecule has 1 spiro atoms. The van der Waals surface area contributed by atoms with Gasteiger partial charge in [0.1, 0.15) is 0 Å². The van der Waals surface area contributed by atoms with Gasteiger partial charge in [-0.25, -0.2) is 0 Å². The molecule has 0 amide bonds. The van der Waals surface area contributed by atoms with Gasteiger partial charge in [-0.05, 0) is 0 Å². The second kappa shape index (κ2) is 1.63. The average Bonchev–Trinajstić information content (AvgIpc) is 3.64. The van der Waals surface area contributed by atoms with Crippen molar-refractivity contribution in [3.63, 3.8) is 0 Å². The Bertz CT molecular complexity index is 1530. The summed E-state index contributed by atoms with van der Waals surface area (Å²) in [6.45, 7) is -3.57. The van der Waals surface area contributed by atoms with E-state index in [4.69, 9.17) is 19.1 Å². The summed E-state index contributed by atoms with van der Waals surface area (Å²) >= 11 is -1.34. The first-order valence-corrected chi connectivity index (χ1v) is 22.4. The molecular weight excluding hydrogens is 528 g/mol. The van der Waals surface area contributed by atoms with Crippen molar-refractivity contribution in [2.45, 2.75) is 45.4 Å². The van der Waals surface area contributed by atoms with Gasteiger partial charge in [0, 0.05) is 0 Å². The molecule has 10 heterocycles. The molecular formula is C22H18Cl2FePPd. The van der Waals surface area contributed by atoms with E-state index in [9.17, 15) is 0 Å². The van der Waals surface area contributed by atoms with Crippen LogP contribution in [-0.2, 0) is 21.2 Å². The van der Waals surface area contributed by atoms with E-state index in [0.29, 0.717) is 2.79 Å². The fourth-order valence-electron chi connectivity index (χ4n) is 18.6. The van der Waals surface area contributed by atoms with Gasteiger partial charge in [-0.15, -0.1) is 0 Å². The van der Waals surface area contributed by atoms with E-state index in [2.05, 4.69) is 60.7 Å². The van der Waals surface area contributed by atoms with E-state index in [1.807, 2.05) is 0 Å². The van der Waals surface area contributed by atoms with Gasteiger partial charge < -0.3 is 0 Å². The van der Waals surface area contributed by atoms with E-state index in [1.165, 1.54) is 38.5 Å². The number of hydrogen-bond acceptors (Lipinski definition) is 0. The van der Waals surface area contributed by atoms with Gasteiger partial charge in [0.2, 0.25) is 0 Å². The molecule has 2 aromatic rings. The van der Waals surface area contributed by atoms with Crippen molar-refractivity contribution in [2.24, 2.45) is 0 Å².